The molecule has 0 spiro atoms. The largest absolute Gasteiger partial charge is 0.481 e. The minimum absolute atomic E-state index is 0.220. The summed E-state index contributed by atoms with van der Waals surface area (Å²) in [6.07, 6.45) is -0.527. The zero-order valence-electron chi connectivity index (χ0n) is 8.71. The lowest BCUT2D eigenvalue weighted by Gasteiger charge is -2.33. The van der Waals surface area contributed by atoms with Crippen LogP contribution in [0.25, 0.3) is 0 Å². The molecular formula is C12H14O4. The third-order valence-corrected chi connectivity index (χ3v) is 3.22. The minimum Gasteiger partial charge on any atom is -0.481 e. The fourth-order valence-corrected chi connectivity index (χ4v) is 2.38. The van der Waals surface area contributed by atoms with E-state index < -0.39 is 23.9 Å². The molecule has 0 saturated heterocycles. The molecule has 0 bridgehead atoms. The summed E-state index contributed by atoms with van der Waals surface area (Å²) < 4.78 is 0. The maximum absolute atomic E-state index is 11.1. The van der Waals surface area contributed by atoms with E-state index in [0.717, 1.165) is 5.56 Å². The molecule has 1 aromatic rings. The molecule has 0 unspecified atom stereocenters. The molecule has 0 heterocycles. The van der Waals surface area contributed by atoms with Gasteiger partial charge in [0.05, 0.1) is 12.0 Å². The van der Waals surface area contributed by atoms with Gasteiger partial charge >= 0.3 is 5.97 Å². The van der Waals surface area contributed by atoms with Crippen LogP contribution in [0.5, 0.6) is 0 Å². The highest BCUT2D eigenvalue weighted by molar-refractivity contribution is 5.72. The van der Waals surface area contributed by atoms with E-state index in [1.165, 1.54) is 0 Å². The normalized spacial score (nSPS) is 28.5. The van der Waals surface area contributed by atoms with Gasteiger partial charge in [0.25, 0.3) is 0 Å². The van der Waals surface area contributed by atoms with Crippen molar-refractivity contribution in [3.05, 3.63) is 35.4 Å². The van der Waals surface area contributed by atoms with E-state index >= 15 is 0 Å². The fourth-order valence-electron chi connectivity index (χ4n) is 2.38. The molecule has 1 aliphatic carbocycles. The molecule has 4 heteroatoms. The van der Waals surface area contributed by atoms with Gasteiger partial charge in [-0.3, -0.25) is 4.79 Å². The molecule has 1 aliphatic rings. The second-order valence-electron chi connectivity index (χ2n) is 4.15. The molecule has 3 N–H and O–H groups in total. The molecular weight excluding hydrogens is 208 g/mol. The molecule has 3 atom stereocenters. The number of aliphatic hydroxyl groups excluding tert-OH is 2. The Labute approximate surface area is 93.2 Å². The van der Waals surface area contributed by atoms with E-state index in [9.17, 15) is 15.0 Å². The van der Waals surface area contributed by atoms with Gasteiger partial charge in [-0.1, -0.05) is 24.3 Å². The van der Waals surface area contributed by atoms with Crippen LogP contribution in [0, 0.1) is 11.8 Å². The summed E-state index contributed by atoms with van der Waals surface area (Å²) in [5, 5.41) is 28.2. The lowest BCUT2D eigenvalue weighted by Crippen LogP contribution is -2.37. The van der Waals surface area contributed by atoms with Crippen molar-refractivity contribution in [1.82, 2.24) is 0 Å². The molecule has 0 aromatic heterocycles. The van der Waals surface area contributed by atoms with Crippen molar-refractivity contribution in [2.45, 2.75) is 12.5 Å². The van der Waals surface area contributed by atoms with Crippen molar-refractivity contribution >= 4 is 5.97 Å². The highest BCUT2D eigenvalue weighted by Gasteiger charge is 2.39. The summed E-state index contributed by atoms with van der Waals surface area (Å²) in [6, 6.07) is 7.23. The zero-order valence-corrected chi connectivity index (χ0v) is 8.71. The number of benzene rings is 1. The number of hydrogen-bond acceptors (Lipinski definition) is 3. The van der Waals surface area contributed by atoms with Crippen molar-refractivity contribution in [3.63, 3.8) is 0 Å². The van der Waals surface area contributed by atoms with Crippen molar-refractivity contribution in [2.24, 2.45) is 11.8 Å². The number of carboxylic acids is 1. The van der Waals surface area contributed by atoms with Crippen LogP contribution in [0.2, 0.25) is 0 Å². The third-order valence-electron chi connectivity index (χ3n) is 3.22. The molecule has 4 nitrogen and oxygen atoms in total. The van der Waals surface area contributed by atoms with Gasteiger partial charge in [-0.05, 0) is 17.5 Å². The Kier molecular flexibility index (Phi) is 2.94. The monoisotopic (exact) mass is 222 g/mol. The molecule has 0 radical (unpaired) electrons. The van der Waals surface area contributed by atoms with Crippen LogP contribution in [0.15, 0.2) is 24.3 Å². The standard InChI is InChI=1S/C12H14O4/c13-6-8-5-7-3-1-2-4-9(7)11(14)10(8)12(15)16/h1-4,8,10-11,13-14H,5-6H2,(H,15,16)/t8-,10-,11-/m0/s1. The summed E-state index contributed by atoms with van der Waals surface area (Å²) in [5.74, 6) is -2.39. The lowest BCUT2D eigenvalue weighted by atomic mass is 9.74. The first kappa shape index (κ1) is 11.1. The first-order valence-corrected chi connectivity index (χ1v) is 5.24. The van der Waals surface area contributed by atoms with Gasteiger partial charge in [-0.2, -0.15) is 0 Å². The minimum atomic E-state index is -1.05. The van der Waals surface area contributed by atoms with Crippen LogP contribution >= 0.6 is 0 Å². The zero-order chi connectivity index (χ0) is 11.7. The maximum atomic E-state index is 11.1. The number of carbonyl (C=O) groups is 1. The van der Waals surface area contributed by atoms with Gasteiger partial charge in [-0.15, -0.1) is 0 Å². The van der Waals surface area contributed by atoms with Gasteiger partial charge in [0.15, 0.2) is 0 Å². The summed E-state index contributed by atoms with van der Waals surface area (Å²) in [5.41, 5.74) is 1.59. The van der Waals surface area contributed by atoms with E-state index in [0.29, 0.717) is 12.0 Å². The molecule has 0 aliphatic heterocycles. The van der Waals surface area contributed by atoms with Crippen LogP contribution in [0.3, 0.4) is 0 Å². The van der Waals surface area contributed by atoms with Gasteiger partial charge in [-0.25, -0.2) is 0 Å². The first-order valence-electron chi connectivity index (χ1n) is 5.24. The summed E-state index contributed by atoms with van der Waals surface area (Å²) in [4.78, 5) is 11.1. The van der Waals surface area contributed by atoms with E-state index in [1.54, 1.807) is 12.1 Å². The van der Waals surface area contributed by atoms with E-state index in [4.69, 9.17) is 5.11 Å². The third kappa shape index (κ3) is 1.70. The second-order valence-corrected chi connectivity index (χ2v) is 4.15. The van der Waals surface area contributed by atoms with E-state index in [1.807, 2.05) is 12.1 Å². The molecule has 16 heavy (non-hydrogen) atoms. The van der Waals surface area contributed by atoms with Crippen LogP contribution in [0.4, 0.5) is 0 Å². The van der Waals surface area contributed by atoms with Gasteiger partial charge in [0.2, 0.25) is 0 Å². The Morgan fingerprint density at radius 3 is 2.69 bits per heavy atom. The fraction of sp³-hybridized carbons (Fsp3) is 0.417. The predicted molar refractivity (Wildman–Crippen MR) is 56.8 cm³/mol. The Morgan fingerprint density at radius 2 is 2.06 bits per heavy atom. The Balaban J connectivity index is 2.42. The van der Waals surface area contributed by atoms with Gasteiger partial charge in [0.1, 0.15) is 0 Å². The van der Waals surface area contributed by atoms with Crippen LogP contribution in [-0.4, -0.2) is 27.9 Å². The number of hydrogen-bond donors (Lipinski definition) is 3. The number of carboxylic acid groups (broad SMARTS) is 1. The smallest absolute Gasteiger partial charge is 0.309 e. The van der Waals surface area contributed by atoms with E-state index in [2.05, 4.69) is 0 Å². The topological polar surface area (TPSA) is 77.8 Å². The highest BCUT2D eigenvalue weighted by Crippen LogP contribution is 2.37. The summed E-state index contributed by atoms with van der Waals surface area (Å²) >= 11 is 0. The first-order chi connectivity index (χ1) is 7.65. The quantitative estimate of drug-likeness (QED) is 0.684. The number of fused-ring (bicyclic) bond motifs is 1. The summed E-state index contributed by atoms with van der Waals surface area (Å²) in [6.45, 7) is -0.220. The number of aliphatic hydroxyl groups is 2. The Morgan fingerprint density at radius 1 is 1.38 bits per heavy atom. The molecule has 86 valence electrons. The number of aliphatic carboxylic acids is 1. The van der Waals surface area contributed by atoms with Crippen molar-refractivity contribution in [2.75, 3.05) is 6.61 Å². The molecule has 1 aromatic carbocycles. The van der Waals surface area contributed by atoms with Crippen molar-refractivity contribution < 1.29 is 20.1 Å². The average molecular weight is 222 g/mol. The molecule has 0 saturated carbocycles. The SMILES string of the molecule is O=C(O)[C@H]1[C@H](CO)Cc2ccccc2[C@@H]1O. The Bertz CT molecular complexity index is 402. The second kappa shape index (κ2) is 4.23. The molecule has 0 fully saturated rings. The van der Waals surface area contributed by atoms with Gasteiger partial charge < -0.3 is 15.3 Å². The van der Waals surface area contributed by atoms with Crippen molar-refractivity contribution in [1.29, 1.82) is 0 Å². The van der Waals surface area contributed by atoms with Gasteiger partial charge in [0, 0.05) is 12.5 Å². The highest BCUT2D eigenvalue weighted by atomic mass is 16.4. The van der Waals surface area contributed by atoms with Crippen LogP contribution in [0.1, 0.15) is 17.2 Å². The summed E-state index contributed by atoms with van der Waals surface area (Å²) in [7, 11) is 0. The van der Waals surface area contributed by atoms with Crippen molar-refractivity contribution in [3.8, 4) is 0 Å². The van der Waals surface area contributed by atoms with Crippen LogP contribution < -0.4 is 0 Å². The van der Waals surface area contributed by atoms with Crippen LogP contribution in [-0.2, 0) is 11.2 Å². The lowest BCUT2D eigenvalue weighted by molar-refractivity contribution is -0.150. The predicted octanol–water partition coefficient (Wildman–Crippen LogP) is 0.585. The molecule has 0 amide bonds. The molecule has 2 rings (SSSR count). The Hall–Kier alpha value is -1.39. The number of rotatable bonds is 2. The van der Waals surface area contributed by atoms with E-state index in [-0.39, 0.29) is 6.61 Å². The average Bonchev–Trinajstić information content (AvgIpc) is 2.28. The maximum Gasteiger partial charge on any atom is 0.309 e.